The van der Waals surface area contributed by atoms with Crippen molar-refractivity contribution >= 4 is 15.9 Å². The van der Waals surface area contributed by atoms with Gasteiger partial charge in [-0.15, -0.1) is 0 Å². The third-order valence-electron chi connectivity index (χ3n) is 3.78. The number of hydrogen-bond acceptors (Lipinski definition) is 1. The summed E-state index contributed by atoms with van der Waals surface area (Å²) < 4.78 is 27.9. The van der Waals surface area contributed by atoms with Crippen molar-refractivity contribution in [2.45, 2.75) is 39.3 Å². The Labute approximate surface area is 115 Å². The van der Waals surface area contributed by atoms with E-state index < -0.39 is 11.6 Å². The fourth-order valence-electron chi connectivity index (χ4n) is 2.61. The van der Waals surface area contributed by atoms with Gasteiger partial charge in [-0.1, -0.05) is 6.92 Å². The predicted molar refractivity (Wildman–Crippen MR) is 72.3 cm³/mol. The van der Waals surface area contributed by atoms with E-state index in [1.165, 1.54) is 12.1 Å². The summed E-state index contributed by atoms with van der Waals surface area (Å²) in [4.78, 5) is 2.16. The van der Waals surface area contributed by atoms with Crippen molar-refractivity contribution in [2.75, 3.05) is 6.54 Å². The highest BCUT2D eigenvalue weighted by Gasteiger charge is 2.25. The maximum Gasteiger partial charge on any atom is 0.144 e. The van der Waals surface area contributed by atoms with Crippen LogP contribution in [0.3, 0.4) is 0 Å². The summed E-state index contributed by atoms with van der Waals surface area (Å²) in [6, 6.07) is 3.11. The van der Waals surface area contributed by atoms with Gasteiger partial charge in [0, 0.05) is 18.2 Å². The molecule has 2 rings (SSSR count). The zero-order valence-electron chi connectivity index (χ0n) is 10.7. The first kappa shape index (κ1) is 13.9. The van der Waals surface area contributed by atoms with Crippen molar-refractivity contribution in [1.29, 1.82) is 0 Å². The molecule has 0 aromatic heterocycles. The molecule has 1 aliphatic heterocycles. The van der Waals surface area contributed by atoms with E-state index in [-0.39, 0.29) is 5.56 Å². The maximum atomic E-state index is 13.9. The minimum Gasteiger partial charge on any atom is -0.296 e. The second-order valence-corrected chi connectivity index (χ2v) is 6.13. The second kappa shape index (κ2) is 5.66. The molecule has 0 amide bonds. The topological polar surface area (TPSA) is 3.24 Å². The van der Waals surface area contributed by atoms with E-state index in [1.807, 2.05) is 0 Å². The van der Waals surface area contributed by atoms with Crippen LogP contribution in [0.25, 0.3) is 0 Å². The smallest absolute Gasteiger partial charge is 0.144 e. The first-order valence-electron chi connectivity index (χ1n) is 6.35. The average molecular weight is 318 g/mol. The molecule has 1 fully saturated rings. The molecule has 0 bridgehead atoms. The molecule has 4 heteroatoms. The summed E-state index contributed by atoms with van der Waals surface area (Å²) in [6.45, 7) is 5.62. The lowest BCUT2D eigenvalue weighted by molar-refractivity contribution is 0.119. The molecule has 1 aliphatic rings. The van der Waals surface area contributed by atoms with Crippen LogP contribution in [0.15, 0.2) is 16.6 Å². The highest BCUT2D eigenvalue weighted by atomic mass is 79.9. The van der Waals surface area contributed by atoms with Gasteiger partial charge in [-0.05, 0) is 60.3 Å². The molecule has 18 heavy (non-hydrogen) atoms. The molecule has 1 saturated heterocycles. The molecule has 1 nitrogen and oxygen atoms in total. The Morgan fingerprint density at radius 2 is 2.06 bits per heavy atom. The third kappa shape index (κ3) is 2.91. The van der Waals surface area contributed by atoms with Crippen molar-refractivity contribution in [3.63, 3.8) is 0 Å². The third-order valence-corrected chi connectivity index (χ3v) is 4.39. The van der Waals surface area contributed by atoms with Crippen molar-refractivity contribution in [3.05, 3.63) is 33.8 Å². The number of nitrogens with zero attached hydrogens (tertiary/aromatic N) is 1. The van der Waals surface area contributed by atoms with E-state index in [2.05, 4.69) is 34.7 Å². The maximum absolute atomic E-state index is 13.9. The fourth-order valence-corrected chi connectivity index (χ4v) is 2.98. The monoisotopic (exact) mass is 317 g/mol. The van der Waals surface area contributed by atoms with Gasteiger partial charge in [-0.3, -0.25) is 4.90 Å². The van der Waals surface area contributed by atoms with Crippen LogP contribution in [0.1, 0.15) is 32.3 Å². The first-order chi connectivity index (χ1) is 8.49. The van der Waals surface area contributed by atoms with Gasteiger partial charge in [-0.2, -0.15) is 0 Å². The summed E-state index contributed by atoms with van der Waals surface area (Å²) >= 11 is 3.11. The molecule has 2 unspecified atom stereocenters. The van der Waals surface area contributed by atoms with E-state index in [4.69, 9.17) is 0 Å². The van der Waals surface area contributed by atoms with Crippen LogP contribution in [-0.4, -0.2) is 17.5 Å². The first-order valence-corrected chi connectivity index (χ1v) is 7.14. The Kier molecular flexibility index (Phi) is 4.38. The van der Waals surface area contributed by atoms with Gasteiger partial charge in [0.15, 0.2) is 0 Å². The van der Waals surface area contributed by atoms with Crippen LogP contribution in [0, 0.1) is 17.6 Å². The molecule has 2 atom stereocenters. The van der Waals surface area contributed by atoms with Gasteiger partial charge in [0.05, 0.1) is 4.47 Å². The summed E-state index contributed by atoms with van der Waals surface area (Å²) in [5.74, 6) is -0.226. The summed E-state index contributed by atoms with van der Waals surface area (Å²) in [5, 5.41) is 0. The molecule has 100 valence electrons. The van der Waals surface area contributed by atoms with Crippen molar-refractivity contribution in [3.8, 4) is 0 Å². The highest BCUT2D eigenvalue weighted by molar-refractivity contribution is 9.10. The normalized spacial score (nSPS) is 25.4. The molecule has 1 heterocycles. The molecule has 1 aromatic carbocycles. The van der Waals surface area contributed by atoms with Crippen LogP contribution in [0.4, 0.5) is 8.78 Å². The second-order valence-electron chi connectivity index (χ2n) is 5.27. The van der Waals surface area contributed by atoms with Crippen LogP contribution < -0.4 is 0 Å². The lowest BCUT2D eigenvalue weighted by Gasteiger charge is -2.36. The Morgan fingerprint density at radius 1 is 1.33 bits per heavy atom. The molecular weight excluding hydrogens is 300 g/mol. The molecule has 0 saturated carbocycles. The summed E-state index contributed by atoms with van der Waals surface area (Å²) in [5.41, 5.74) is 0.172. The van der Waals surface area contributed by atoms with Crippen molar-refractivity contribution in [1.82, 2.24) is 4.90 Å². The van der Waals surface area contributed by atoms with Gasteiger partial charge < -0.3 is 0 Å². The minimum atomic E-state index is -0.471. The zero-order chi connectivity index (χ0) is 13.3. The number of benzene rings is 1. The molecule has 0 aliphatic carbocycles. The predicted octanol–water partition coefficient (Wildman–Crippen LogP) is 4.35. The Hall–Kier alpha value is -0.480. The number of hydrogen-bond donors (Lipinski definition) is 0. The molecule has 0 radical (unpaired) electrons. The summed E-state index contributed by atoms with van der Waals surface area (Å²) in [6.07, 6.45) is 2.19. The Morgan fingerprint density at radius 3 is 2.72 bits per heavy atom. The summed E-state index contributed by atoms with van der Waals surface area (Å²) in [7, 11) is 0. The van der Waals surface area contributed by atoms with Crippen LogP contribution in [0.2, 0.25) is 0 Å². The van der Waals surface area contributed by atoms with Crippen molar-refractivity contribution < 1.29 is 8.78 Å². The van der Waals surface area contributed by atoms with E-state index in [9.17, 15) is 8.78 Å². The lowest BCUT2D eigenvalue weighted by Crippen LogP contribution is -2.39. The minimum absolute atomic E-state index is 0.172. The van der Waals surface area contributed by atoms with Crippen LogP contribution in [-0.2, 0) is 6.54 Å². The largest absolute Gasteiger partial charge is 0.296 e. The lowest BCUT2D eigenvalue weighted by atomic mass is 9.93. The number of rotatable bonds is 2. The SMILES string of the molecule is CC1CCN(Cc2c(F)ccc(Br)c2F)C(C)C1. The Balaban J connectivity index is 2.17. The standard InChI is InChI=1S/C14H18BrF2N/c1-9-5-6-18(10(2)7-9)8-11-13(16)4-3-12(15)14(11)17/h3-4,9-10H,5-8H2,1-2H3. The number of piperidine rings is 1. The fraction of sp³-hybridized carbons (Fsp3) is 0.571. The number of halogens is 3. The molecular formula is C14H18BrF2N. The molecule has 0 N–H and O–H groups in total. The van der Waals surface area contributed by atoms with E-state index in [0.717, 1.165) is 19.4 Å². The zero-order valence-corrected chi connectivity index (χ0v) is 12.3. The van der Waals surface area contributed by atoms with Crippen molar-refractivity contribution in [2.24, 2.45) is 5.92 Å². The number of likely N-dealkylation sites (tertiary alicyclic amines) is 1. The Bertz CT molecular complexity index is 436. The van der Waals surface area contributed by atoms with Crippen LogP contribution >= 0.6 is 15.9 Å². The van der Waals surface area contributed by atoms with E-state index in [1.54, 1.807) is 0 Å². The van der Waals surface area contributed by atoms with E-state index in [0.29, 0.717) is 23.0 Å². The highest BCUT2D eigenvalue weighted by Crippen LogP contribution is 2.27. The quantitative estimate of drug-likeness (QED) is 0.733. The average Bonchev–Trinajstić information content (AvgIpc) is 2.32. The van der Waals surface area contributed by atoms with Gasteiger partial charge in [-0.25, -0.2) is 8.78 Å². The van der Waals surface area contributed by atoms with Gasteiger partial charge in [0.25, 0.3) is 0 Å². The molecule has 1 aromatic rings. The van der Waals surface area contributed by atoms with Gasteiger partial charge in [0.2, 0.25) is 0 Å². The molecule has 0 spiro atoms. The van der Waals surface area contributed by atoms with Gasteiger partial charge in [0.1, 0.15) is 11.6 Å². The van der Waals surface area contributed by atoms with E-state index >= 15 is 0 Å². The van der Waals surface area contributed by atoms with Gasteiger partial charge >= 0.3 is 0 Å². The van der Waals surface area contributed by atoms with Crippen LogP contribution in [0.5, 0.6) is 0 Å².